The molecule has 7 aromatic rings. The van der Waals surface area contributed by atoms with Gasteiger partial charge in [0.2, 0.25) is 0 Å². The number of para-hydroxylation sites is 2. The van der Waals surface area contributed by atoms with Crippen molar-refractivity contribution in [2.45, 2.75) is 12.8 Å². The highest BCUT2D eigenvalue weighted by atomic mass is 15.0. The van der Waals surface area contributed by atoms with Crippen LogP contribution in [0.1, 0.15) is 17.7 Å². The van der Waals surface area contributed by atoms with Gasteiger partial charge in [-0.3, -0.25) is 0 Å². The van der Waals surface area contributed by atoms with Crippen LogP contribution in [0.3, 0.4) is 0 Å². The minimum atomic E-state index is 1.06. The molecule has 1 aliphatic rings. The fourth-order valence-corrected chi connectivity index (χ4v) is 6.15. The van der Waals surface area contributed by atoms with Crippen molar-refractivity contribution in [1.29, 1.82) is 0 Å². The van der Waals surface area contributed by atoms with Gasteiger partial charge in [0.15, 0.2) is 0 Å². The van der Waals surface area contributed by atoms with E-state index in [0.29, 0.717) is 0 Å². The monoisotopic (exact) mass is 460 g/mol. The van der Waals surface area contributed by atoms with Crippen LogP contribution in [0.2, 0.25) is 0 Å². The molecular weight excluding hydrogens is 436 g/mol. The molecule has 0 saturated carbocycles. The molecule has 170 valence electrons. The van der Waals surface area contributed by atoms with Crippen LogP contribution in [0.5, 0.6) is 0 Å². The highest BCUT2D eigenvalue weighted by Gasteiger charge is 2.21. The minimum absolute atomic E-state index is 1.06. The summed E-state index contributed by atoms with van der Waals surface area (Å²) in [6, 6.07) is 39.9. The molecule has 0 aliphatic heterocycles. The van der Waals surface area contributed by atoms with E-state index in [2.05, 4.69) is 130 Å². The first-order valence-electron chi connectivity index (χ1n) is 12.7. The van der Waals surface area contributed by atoms with Gasteiger partial charge in [-0.25, -0.2) is 0 Å². The van der Waals surface area contributed by atoms with Gasteiger partial charge >= 0.3 is 0 Å². The van der Waals surface area contributed by atoms with Gasteiger partial charge in [-0.2, -0.15) is 0 Å². The molecule has 0 bridgehead atoms. The van der Waals surface area contributed by atoms with Crippen molar-refractivity contribution >= 4 is 49.6 Å². The van der Waals surface area contributed by atoms with Crippen molar-refractivity contribution in [3.63, 3.8) is 0 Å². The van der Waals surface area contributed by atoms with Gasteiger partial charge in [-0.1, -0.05) is 78.9 Å². The minimum Gasteiger partial charge on any atom is -0.313 e. The molecule has 1 aliphatic carbocycles. The van der Waals surface area contributed by atoms with Crippen molar-refractivity contribution in [3.8, 4) is 11.4 Å². The second kappa shape index (κ2) is 7.47. The molecule has 8 rings (SSSR count). The summed E-state index contributed by atoms with van der Waals surface area (Å²) < 4.78 is 4.92. The highest BCUT2D eigenvalue weighted by Crippen LogP contribution is 2.40. The van der Waals surface area contributed by atoms with Crippen molar-refractivity contribution in [2.75, 3.05) is 0 Å². The SMILES string of the molecule is C1=Cc2c(n(-c3ccccc3)c3cc4c(cc23)c2ccccc2n4-c2ccc3ccccc3c2)CC1. The maximum Gasteiger partial charge on any atom is 0.0562 e. The number of rotatable bonds is 2. The van der Waals surface area contributed by atoms with Gasteiger partial charge in [-0.15, -0.1) is 0 Å². The summed E-state index contributed by atoms with van der Waals surface area (Å²) in [5.74, 6) is 0. The van der Waals surface area contributed by atoms with E-state index < -0.39 is 0 Å². The number of nitrogens with zero attached hydrogens (tertiary/aromatic N) is 2. The molecule has 2 heterocycles. The van der Waals surface area contributed by atoms with E-state index in [4.69, 9.17) is 0 Å². The third-order valence-corrected chi connectivity index (χ3v) is 7.74. The average Bonchev–Trinajstić information content (AvgIpc) is 3.44. The predicted octanol–water partition coefficient (Wildman–Crippen LogP) is 8.84. The number of allylic oxidation sites excluding steroid dienone is 1. The second-order valence-corrected chi connectivity index (χ2v) is 9.74. The second-order valence-electron chi connectivity index (χ2n) is 9.74. The Bertz CT molecular complexity index is 1980. The quantitative estimate of drug-likeness (QED) is 0.244. The molecule has 2 heteroatoms. The van der Waals surface area contributed by atoms with Crippen molar-refractivity contribution < 1.29 is 0 Å². The van der Waals surface area contributed by atoms with Gasteiger partial charge in [0.1, 0.15) is 0 Å². The van der Waals surface area contributed by atoms with Gasteiger partial charge in [-0.05, 0) is 66.1 Å². The lowest BCUT2D eigenvalue weighted by Crippen LogP contribution is -2.02. The average molecular weight is 461 g/mol. The number of fused-ring (bicyclic) bond motifs is 7. The molecule has 0 spiro atoms. The molecule has 0 radical (unpaired) electrons. The summed E-state index contributed by atoms with van der Waals surface area (Å²) in [5, 5.41) is 6.46. The molecule has 0 saturated heterocycles. The van der Waals surface area contributed by atoms with Crippen LogP contribution >= 0.6 is 0 Å². The lowest BCUT2D eigenvalue weighted by molar-refractivity contribution is 0.888. The Morgan fingerprint density at radius 3 is 2.19 bits per heavy atom. The van der Waals surface area contributed by atoms with E-state index in [0.717, 1.165) is 12.8 Å². The van der Waals surface area contributed by atoms with Crippen molar-refractivity contribution in [3.05, 3.63) is 127 Å². The van der Waals surface area contributed by atoms with Gasteiger partial charge in [0.25, 0.3) is 0 Å². The standard InChI is InChI=1S/C34H24N2/c1-2-12-25(13-3-1)35-31-16-8-6-14-27(31)29-21-30-28-15-7-9-17-32(28)36(34(30)22-33(29)35)26-19-18-23-10-4-5-11-24(23)20-26/h1-7,9-15,17-22H,8,16H2. The molecule has 0 atom stereocenters. The topological polar surface area (TPSA) is 9.86 Å². The first-order valence-corrected chi connectivity index (χ1v) is 12.7. The van der Waals surface area contributed by atoms with Crippen molar-refractivity contribution in [2.24, 2.45) is 0 Å². The number of benzene rings is 5. The zero-order chi connectivity index (χ0) is 23.6. The Hall–Kier alpha value is -4.56. The zero-order valence-corrected chi connectivity index (χ0v) is 19.9. The van der Waals surface area contributed by atoms with E-state index in [-0.39, 0.29) is 0 Å². The Morgan fingerprint density at radius 2 is 1.28 bits per heavy atom. The van der Waals surface area contributed by atoms with Crippen LogP contribution in [0.25, 0.3) is 60.9 Å². The molecule has 2 aromatic heterocycles. The van der Waals surface area contributed by atoms with E-state index in [1.165, 1.54) is 66.1 Å². The lowest BCUT2D eigenvalue weighted by atomic mass is 10.0. The molecule has 0 unspecified atom stereocenters. The summed E-state index contributed by atoms with van der Waals surface area (Å²) in [6.45, 7) is 0. The third-order valence-electron chi connectivity index (χ3n) is 7.74. The maximum absolute atomic E-state index is 2.48. The van der Waals surface area contributed by atoms with Crippen LogP contribution in [0.4, 0.5) is 0 Å². The van der Waals surface area contributed by atoms with Crippen LogP contribution in [0.15, 0.2) is 115 Å². The van der Waals surface area contributed by atoms with Crippen LogP contribution in [0, 0.1) is 0 Å². The number of aromatic nitrogens is 2. The van der Waals surface area contributed by atoms with E-state index in [9.17, 15) is 0 Å². The molecule has 0 fully saturated rings. The Labute approximate surface area is 209 Å². The first-order chi connectivity index (χ1) is 17.9. The maximum atomic E-state index is 2.48. The summed E-state index contributed by atoms with van der Waals surface area (Å²) in [5.41, 5.74) is 8.96. The molecular formula is C34H24N2. The fraction of sp³-hybridized carbons (Fsp3) is 0.0588. The summed E-state index contributed by atoms with van der Waals surface area (Å²) >= 11 is 0. The summed E-state index contributed by atoms with van der Waals surface area (Å²) in [6.07, 6.45) is 6.79. The van der Waals surface area contributed by atoms with Crippen LogP contribution in [-0.4, -0.2) is 9.13 Å². The number of hydrogen-bond acceptors (Lipinski definition) is 0. The summed E-state index contributed by atoms with van der Waals surface area (Å²) in [7, 11) is 0. The Balaban J connectivity index is 1.53. The van der Waals surface area contributed by atoms with Gasteiger partial charge < -0.3 is 9.13 Å². The summed E-state index contributed by atoms with van der Waals surface area (Å²) in [4.78, 5) is 0. The Kier molecular flexibility index (Phi) is 4.09. The predicted molar refractivity (Wildman–Crippen MR) is 152 cm³/mol. The largest absolute Gasteiger partial charge is 0.313 e. The number of hydrogen-bond donors (Lipinski definition) is 0. The normalized spacial score (nSPS) is 13.2. The van der Waals surface area contributed by atoms with Crippen LogP contribution in [-0.2, 0) is 6.42 Å². The molecule has 2 nitrogen and oxygen atoms in total. The van der Waals surface area contributed by atoms with Crippen LogP contribution < -0.4 is 0 Å². The molecule has 0 amide bonds. The van der Waals surface area contributed by atoms with E-state index >= 15 is 0 Å². The zero-order valence-electron chi connectivity index (χ0n) is 19.9. The van der Waals surface area contributed by atoms with E-state index in [1.54, 1.807) is 0 Å². The Morgan fingerprint density at radius 1 is 0.500 bits per heavy atom. The van der Waals surface area contributed by atoms with Gasteiger partial charge in [0, 0.05) is 38.8 Å². The first kappa shape index (κ1) is 19.7. The smallest absolute Gasteiger partial charge is 0.0562 e. The molecule has 0 N–H and O–H groups in total. The third kappa shape index (κ3) is 2.73. The lowest BCUT2D eigenvalue weighted by Gasteiger charge is -2.13. The molecule has 5 aromatic carbocycles. The van der Waals surface area contributed by atoms with E-state index in [1.807, 2.05) is 0 Å². The molecule has 36 heavy (non-hydrogen) atoms. The highest BCUT2D eigenvalue weighted by molar-refractivity contribution is 6.15. The van der Waals surface area contributed by atoms with Gasteiger partial charge in [0.05, 0.1) is 16.6 Å². The fourth-order valence-electron chi connectivity index (χ4n) is 6.15. The van der Waals surface area contributed by atoms with Crippen molar-refractivity contribution in [1.82, 2.24) is 9.13 Å².